The lowest BCUT2D eigenvalue weighted by molar-refractivity contribution is -0.137. The molecule has 11 heteroatoms. The highest BCUT2D eigenvalue weighted by molar-refractivity contribution is 5.82. The predicted molar refractivity (Wildman–Crippen MR) is 129 cm³/mol. The van der Waals surface area contributed by atoms with Gasteiger partial charge in [0.2, 0.25) is 11.9 Å². The Morgan fingerprint density at radius 1 is 1.11 bits per heavy atom. The molecule has 0 saturated carbocycles. The number of hydrogen-bond acceptors (Lipinski definition) is 7. The topological polar surface area (TPSA) is 73.8 Å². The first-order valence-corrected chi connectivity index (χ1v) is 12.5. The number of nitrogens with one attached hydrogen (secondary N) is 1. The van der Waals surface area contributed by atoms with Crippen LogP contribution >= 0.6 is 0 Å². The second-order valence-electron chi connectivity index (χ2n) is 9.51. The minimum absolute atomic E-state index is 0.120. The van der Waals surface area contributed by atoms with Crippen LogP contribution in [0.3, 0.4) is 0 Å². The van der Waals surface area contributed by atoms with Crippen molar-refractivity contribution in [3.8, 4) is 0 Å². The molecule has 1 aromatic carbocycles. The summed E-state index contributed by atoms with van der Waals surface area (Å²) in [5.74, 6) is 0.00166. The fourth-order valence-electron chi connectivity index (χ4n) is 5.41. The zero-order valence-electron chi connectivity index (χ0n) is 20.1. The molecule has 8 nitrogen and oxygen atoms in total. The molecule has 5 rings (SSSR count). The maximum Gasteiger partial charge on any atom is 0.416 e. The van der Waals surface area contributed by atoms with Crippen molar-refractivity contribution in [1.29, 1.82) is 0 Å². The van der Waals surface area contributed by atoms with E-state index in [1.807, 2.05) is 0 Å². The van der Waals surface area contributed by atoms with Gasteiger partial charge in [0.05, 0.1) is 30.7 Å². The van der Waals surface area contributed by atoms with Crippen LogP contribution < -0.4 is 15.1 Å². The standard InChI is InChI=1S/C25H31F3N6O2/c26-25(27,28)19-3-4-21-18(15-19)16-20(23(35)29-7-2-8-32-11-13-36-14-12-32)22-17-33(9-10-34(21)22)24-30-5-1-6-31-24/h1,3-6,15,20,22H,2,7-14,16-17H2,(H,29,35)/t20-,22+/m0/s1. The van der Waals surface area contributed by atoms with Gasteiger partial charge in [-0.05, 0) is 49.2 Å². The molecule has 4 heterocycles. The van der Waals surface area contributed by atoms with Gasteiger partial charge in [0.1, 0.15) is 0 Å². The van der Waals surface area contributed by atoms with Gasteiger partial charge in [-0.2, -0.15) is 13.2 Å². The third-order valence-electron chi connectivity index (χ3n) is 7.26. The van der Waals surface area contributed by atoms with E-state index < -0.39 is 17.7 Å². The Balaban J connectivity index is 1.32. The molecule has 0 radical (unpaired) electrons. The van der Waals surface area contributed by atoms with Crippen molar-refractivity contribution in [3.63, 3.8) is 0 Å². The molecule has 36 heavy (non-hydrogen) atoms. The van der Waals surface area contributed by atoms with Crippen LogP contribution in [0.4, 0.5) is 24.8 Å². The second-order valence-corrected chi connectivity index (χ2v) is 9.51. The van der Waals surface area contributed by atoms with Crippen molar-refractivity contribution >= 4 is 17.5 Å². The quantitative estimate of drug-likeness (QED) is 0.605. The summed E-state index contributed by atoms with van der Waals surface area (Å²) in [7, 11) is 0. The fraction of sp³-hybridized carbons (Fsp3) is 0.560. The summed E-state index contributed by atoms with van der Waals surface area (Å²) in [6, 6.07) is 5.45. The molecule has 0 spiro atoms. The predicted octanol–water partition coefficient (Wildman–Crippen LogP) is 2.20. The van der Waals surface area contributed by atoms with Gasteiger partial charge in [-0.1, -0.05) is 0 Å². The molecule has 1 amide bonds. The van der Waals surface area contributed by atoms with E-state index in [1.165, 1.54) is 6.07 Å². The zero-order chi connectivity index (χ0) is 25.1. The minimum Gasteiger partial charge on any atom is -0.379 e. The first kappa shape index (κ1) is 24.8. The van der Waals surface area contributed by atoms with Gasteiger partial charge in [-0.15, -0.1) is 0 Å². The number of halogens is 3. The number of carbonyl (C=O) groups excluding carboxylic acids is 1. The number of nitrogens with zero attached hydrogens (tertiary/aromatic N) is 5. The van der Waals surface area contributed by atoms with Crippen molar-refractivity contribution in [2.24, 2.45) is 5.92 Å². The van der Waals surface area contributed by atoms with E-state index >= 15 is 0 Å². The van der Waals surface area contributed by atoms with Crippen molar-refractivity contribution in [3.05, 3.63) is 47.8 Å². The number of piperazine rings is 1. The second kappa shape index (κ2) is 10.6. The highest BCUT2D eigenvalue weighted by Crippen LogP contribution is 2.40. The summed E-state index contributed by atoms with van der Waals surface area (Å²) >= 11 is 0. The minimum atomic E-state index is -4.42. The maximum atomic E-state index is 13.4. The Morgan fingerprint density at radius 2 is 1.89 bits per heavy atom. The van der Waals surface area contributed by atoms with Gasteiger partial charge >= 0.3 is 6.18 Å². The van der Waals surface area contributed by atoms with Gasteiger partial charge in [-0.3, -0.25) is 9.69 Å². The molecule has 0 aliphatic carbocycles. The van der Waals surface area contributed by atoms with Crippen LogP contribution in [-0.2, 0) is 22.1 Å². The van der Waals surface area contributed by atoms with Crippen LogP contribution in [0.1, 0.15) is 17.5 Å². The number of rotatable bonds is 6. The number of fused-ring (bicyclic) bond motifs is 3. The molecule has 194 valence electrons. The van der Waals surface area contributed by atoms with Gasteiger partial charge in [-0.25, -0.2) is 9.97 Å². The third-order valence-corrected chi connectivity index (χ3v) is 7.26. The summed E-state index contributed by atoms with van der Waals surface area (Å²) < 4.78 is 45.6. The van der Waals surface area contributed by atoms with E-state index in [9.17, 15) is 18.0 Å². The highest BCUT2D eigenvalue weighted by atomic mass is 19.4. The first-order valence-electron chi connectivity index (χ1n) is 12.5. The smallest absolute Gasteiger partial charge is 0.379 e. The number of hydrogen-bond donors (Lipinski definition) is 1. The Labute approximate surface area is 208 Å². The molecule has 2 atom stereocenters. The lowest BCUT2D eigenvalue weighted by Crippen LogP contribution is -2.61. The summed E-state index contributed by atoms with van der Waals surface area (Å²) in [6.45, 7) is 6.36. The zero-order valence-corrected chi connectivity index (χ0v) is 20.1. The molecule has 0 bridgehead atoms. The van der Waals surface area contributed by atoms with Crippen LogP contribution in [-0.4, -0.2) is 85.8 Å². The van der Waals surface area contributed by atoms with E-state index in [2.05, 4.69) is 30.0 Å². The van der Waals surface area contributed by atoms with Crippen molar-refractivity contribution < 1.29 is 22.7 Å². The summed E-state index contributed by atoms with van der Waals surface area (Å²) in [6.07, 6.45) is 0.0156. The van der Waals surface area contributed by atoms with Gasteiger partial charge in [0.25, 0.3) is 0 Å². The average Bonchev–Trinajstić information content (AvgIpc) is 2.90. The van der Waals surface area contributed by atoms with E-state index in [0.29, 0.717) is 37.7 Å². The number of aromatic nitrogens is 2. The van der Waals surface area contributed by atoms with Crippen molar-refractivity contribution in [2.75, 3.05) is 68.8 Å². The lowest BCUT2D eigenvalue weighted by atomic mass is 9.82. The van der Waals surface area contributed by atoms with E-state index in [1.54, 1.807) is 24.5 Å². The fourth-order valence-corrected chi connectivity index (χ4v) is 5.41. The normalized spacial score (nSPS) is 22.6. The molecule has 1 aromatic heterocycles. The first-order chi connectivity index (χ1) is 17.4. The Morgan fingerprint density at radius 3 is 2.64 bits per heavy atom. The number of ether oxygens (including phenoxy) is 1. The third kappa shape index (κ3) is 5.41. The molecular weight excluding hydrogens is 473 g/mol. The molecule has 3 aliphatic heterocycles. The number of anilines is 2. The number of amides is 1. The van der Waals surface area contributed by atoms with Crippen molar-refractivity contribution in [2.45, 2.75) is 25.1 Å². The van der Waals surface area contributed by atoms with Crippen LogP contribution in [0.15, 0.2) is 36.7 Å². The molecule has 0 unspecified atom stereocenters. The van der Waals surface area contributed by atoms with Crippen molar-refractivity contribution in [1.82, 2.24) is 20.2 Å². The van der Waals surface area contributed by atoms with E-state index in [4.69, 9.17) is 4.74 Å². The summed E-state index contributed by atoms with van der Waals surface area (Å²) in [5, 5.41) is 3.06. The molecule has 1 N–H and O–H groups in total. The Kier molecular flexibility index (Phi) is 7.29. The molecule has 2 aromatic rings. The molecule has 3 aliphatic rings. The lowest BCUT2D eigenvalue weighted by Gasteiger charge is -2.49. The van der Waals surface area contributed by atoms with Crippen LogP contribution in [0.25, 0.3) is 0 Å². The van der Waals surface area contributed by atoms with Crippen LogP contribution in [0, 0.1) is 5.92 Å². The van der Waals surface area contributed by atoms with Gasteiger partial charge < -0.3 is 19.9 Å². The Bertz CT molecular complexity index is 1050. The molecule has 2 saturated heterocycles. The molecule has 2 fully saturated rings. The van der Waals surface area contributed by atoms with E-state index in [-0.39, 0.29) is 18.4 Å². The van der Waals surface area contributed by atoms with Crippen LogP contribution in [0.2, 0.25) is 0 Å². The SMILES string of the molecule is O=C(NCCCN1CCOCC1)[C@H]1Cc2cc(C(F)(F)F)ccc2N2CCN(c3ncccn3)C[C@H]12. The van der Waals surface area contributed by atoms with E-state index in [0.717, 1.165) is 51.0 Å². The molecular formula is C25H31F3N6O2. The average molecular weight is 505 g/mol. The monoisotopic (exact) mass is 504 g/mol. The largest absolute Gasteiger partial charge is 0.416 e. The van der Waals surface area contributed by atoms with Crippen LogP contribution in [0.5, 0.6) is 0 Å². The summed E-state index contributed by atoms with van der Waals surface area (Å²) in [5.41, 5.74) is 0.664. The Hall–Kier alpha value is -2.92. The maximum absolute atomic E-state index is 13.4. The van der Waals surface area contributed by atoms with Gasteiger partial charge in [0.15, 0.2) is 0 Å². The number of alkyl halides is 3. The highest BCUT2D eigenvalue weighted by Gasteiger charge is 2.43. The van der Waals surface area contributed by atoms with Gasteiger partial charge in [0, 0.05) is 57.3 Å². The number of benzene rings is 1. The number of carbonyl (C=O) groups is 1. The summed E-state index contributed by atoms with van der Waals surface area (Å²) in [4.78, 5) is 28.6. The number of morpholine rings is 1.